The molecule has 0 radical (unpaired) electrons. The van der Waals surface area contributed by atoms with Crippen molar-refractivity contribution in [3.63, 3.8) is 0 Å². The van der Waals surface area contributed by atoms with Crippen LogP contribution in [0.1, 0.15) is 24.2 Å². The molecule has 0 saturated heterocycles. The first-order valence-electron chi connectivity index (χ1n) is 9.01. The van der Waals surface area contributed by atoms with Gasteiger partial charge in [0.15, 0.2) is 0 Å². The molecule has 2 aromatic carbocycles. The Morgan fingerprint density at radius 3 is 2.35 bits per heavy atom. The molecule has 0 bridgehead atoms. The highest BCUT2D eigenvalue weighted by molar-refractivity contribution is 7.92. The summed E-state index contributed by atoms with van der Waals surface area (Å²) in [6.07, 6.45) is 0. The van der Waals surface area contributed by atoms with E-state index in [-0.39, 0.29) is 34.2 Å². The van der Waals surface area contributed by atoms with Gasteiger partial charge in [-0.2, -0.15) is 0 Å². The number of anilines is 1. The average molecular weight is 451 g/mol. The predicted octanol–water partition coefficient (Wildman–Crippen LogP) is 2.09. The largest absolute Gasteiger partial charge is 0.495 e. The van der Waals surface area contributed by atoms with Crippen LogP contribution >= 0.6 is 0 Å². The Morgan fingerprint density at radius 2 is 1.81 bits per heavy atom. The maximum atomic E-state index is 12.7. The Labute approximate surface area is 178 Å². The normalized spacial score (nSPS) is 11.8. The van der Waals surface area contributed by atoms with Gasteiger partial charge in [-0.25, -0.2) is 13.2 Å². The van der Waals surface area contributed by atoms with Gasteiger partial charge in [-0.15, -0.1) is 0 Å². The highest BCUT2D eigenvalue weighted by Crippen LogP contribution is 2.30. The van der Waals surface area contributed by atoms with Crippen LogP contribution < -0.4 is 14.8 Å². The lowest BCUT2D eigenvalue weighted by Crippen LogP contribution is -2.39. The first-order valence-corrected chi connectivity index (χ1v) is 10.5. The number of benzene rings is 2. The molecule has 0 aliphatic heterocycles. The third kappa shape index (κ3) is 5.92. The smallest absolute Gasteiger partial charge is 0.328 e. The summed E-state index contributed by atoms with van der Waals surface area (Å²) in [5.74, 6) is -1.08. The summed E-state index contributed by atoms with van der Waals surface area (Å²) in [7, 11) is -2.84. The van der Waals surface area contributed by atoms with E-state index in [4.69, 9.17) is 9.47 Å². The number of nitro groups is 1. The lowest BCUT2D eigenvalue weighted by atomic mass is 10.2. The maximum Gasteiger partial charge on any atom is 0.328 e. The summed E-state index contributed by atoms with van der Waals surface area (Å²) in [6, 6.07) is 7.54. The van der Waals surface area contributed by atoms with Crippen LogP contribution in [0.4, 0.5) is 11.4 Å². The highest BCUT2D eigenvalue weighted by Gasteiger charge is 2.21. The fraction of sp³-hybridized carbons (Fsp3) is 0.263. The summed E-state index contributed by atoms with van der Waals surface area (Å²) in [6.45, 7) is 3.28. The van der Waals surface area contributed by atoms with Crippen LogP contribution in [-0.2, 0) is 19.6 Å². The zero-order valence-corrected chi connectivity index (χ0v) is 17.8. The van der Waals surface area contributed by atoms with Crippen LogP contribution in [0.2, 0.25) is 0 Å². The van der Waals surface area contributed by atoms with Gasteiger partial charge in [0.2, 0.25) is 0 Å². The van der Waals surface area contributed by atoms with E-state index in [1.165, 1.54) is 50.4 Å². The minimum atomic E-state index is -4.13. The molecular weight excluding hydrogens is 430 g/mol. The number of carbonyl (C=O) groups is 2. The number of nitrogens with zero attached hydrogens (tertiary/aromatic N) is 1. The standard InChI is InChI=1S/C19H21N3O8S/c1-4-30-19(24)12(2)20-18(23)13-5-8-15(9-6-13)31(27,28)21-16-11-14(22(25)26)7-10-17(16)29-3/h5-12,21H,4H2,1-3H3,(H,20,23). The van der Waals surface area contributed by atoms with Gasteiger partial charge in [0, 0.05) is 17.7 Å². The second-order valence-electron chi connectivity index (χ2n) is 6.22. The molecule has 31 heavy (non-hydrogen) atoms. The fourth-order valence-electron chi connectivity index (χ4n) is 2.48. The number of methoxy groups -OCH3 is 1. The van der Waals surface area contributed by atoms with E-state index in [9.17, 15) is 28.1 Å². The van der Waals surface area contributed by atoms with Gasteiger partial charge in [-0.3, -0.25) is 19.6 Å². The molecule has 0 saturated carbocycles. The molecule has 12 heteroatoms. The SMILES string of the molecule is CCOC(=O)C(C)NC(=O)c1ccc(S(=O)(=O)Nc2cc([N+](=O)[O-])ccc2OC)cc1. The van der Waals surface area contributed by atoms with E-state index >= 15 is 0 Å². The van der Waals surface area contributed by atoms with Crippen molar-refractivity contribution in [2.75, 3.05) is 18.4 Å². The predicted molar refractivity (Wildman–Crippen MR) is 110 cm³/mol. The van der Waals surface area contributed by atoms with Crippen LogP contribution in [0.15, 0.2) is 47.4 Å². The molecule has 0 heterocycles. The molecule has 1 unspecified atom stereocenters. The minimum Gasteiger partial charge on any atom is -0.495 e. The number of esters is 1. The van der Waals surface area contributed by atoms with Crippen molar-refractivity contribution < 1.29 is 32.4 Å². The molecule has 0 fully saturated rings. The number of hydrogen-bond donors (Lipinski definition) is 2. The van der Waals surface area contributed by atoms with Crippen molar-refractivity contribution in [3.05, 3.63) is 58.1 Å². The van der Waals surface area contributed by atoms with Gasteiger partial charge in [0.1, 0.15) is 11.8 Å². The number of nitrogens with one attached hydrogen (secondary N) is 2. The second kappa shape index (κ2) is 9.89. The number of sulfonamides is 1. The summed E-state index contributed by atoms with van der Waals surface area (Å²) in [4.78, 5) is 34.0. The molecular formula is C19H21N3O8S. The second-order valence-corrected chi connectivity index (χ2v) is 7.90. The molecule has 2 rings (SSSR count). The molecule has 166 valence electrons. The lowest BCUT2D eigenvalue weighted by Gasteiger charge is -2.13. The number of rotatable bonds is 9. The van der Waals surface area contributed by atoms with Gasteiger partial charge < -0.3 is 14.8 Å². The molecule has 1 atom stereocenters. The summed E-state index contributed by atoms with van der Waals surface area (Å²) >= 11 is 0. The Hall–Kier alpha value is -3.67. The first kappa shape index (κ1) is 23.6. The molecule has 0 aromatic heterocycles. The van der Waals surface area contributed by atoms with Crippen molar-refractivity contribution in [3.8, 4) is 5.75 Å². The molecule has 2 N–H and O–H groups in total. The number of carbonyl (C=O) groups excluding carboxylic acids is 2. The van der Waals surface area contributed by atoms with E-state index in [2.05, 4.69) is 10.0 Å². The lowest BCUT2D eigenvalue weighted by molar-refractivity contribution is -0.384. The zero-order valence-electron chi connectivity index (χ0n) is 16.9. The van der Waals surface area contributed by atoms with Crippen molar-refractivity contribution in [2.45, 2.75) is 24.8 Å². The number of amides is 1. The van der Waals surface area contributed by atoms with Gasteiger partial charge in [0.05, 0.1) is 29.2 Å². The summed E-state index contributed by atoms with van der Waals surface area (Å²) in [5.41, 5.74) is -0.300. The van der Waals surface area contributed by atoms with Gasteiger partial charge in [-0.1, -0.05) is 0 Å². The topological polar surface area (TPSA) is 154 Å². The summed E-state index contributed by atoms with van der Waals surface area (Å²) < 4.78 is 37.4. The van der Waals surface area contributed by atoms with E-state index in [0.717, 1.165) is 6.07 Å². The van der Waals surface area contributed by atoms with E-state index in [0.29, 0.717) is 0 Å². The maximum absolute atomic E-state index is 12.7. The first-order chi connectivity index (χ1) is 14.6. The molecule has 0 aliphatic carbocycles. The molecule has 0 aliphatic rings. The third-order valence-corrected chi connectivity index (χ3v) is 5.43. The monoisotopic (exact) mass is 451 g/mol. The Balaban J connectivity index is 2.20. The number of hydrogen-bond acceptors (Lipinski definition) is 8. The molecule has 0 spiro atoms. The van der Waals surface area contributed by atoms with Crippen LogP contribution in [0, 0.1) is 10.1 Å². The molecule has 1 amide bonds. The highest BCUT2D eigenvalue weighted by atomic mass is 32.2. The number of ether oxygens (including phenoxy) is 2. The number of nitro benzene ring substituents is 1. The van der Waals surface area contributed by atoms with Gasteiger partial charge in [-0.05, 0) is 44.2 Å². The van der Waals surface area contributed by atoms with E-state index in [1.807, 2.05) is 0 Å². The summed E-state index contributed by atoms with van der Waals surface area (Å²) in [5, 5.41) is 13.4. The van der Waals surface area contributed by atoms with E-state index in [1.54, 1.807) is 6.92 Å². The van der Waals surface area contributed by atoms with Crippen molar-refractivity contribution in [2.24, 2.45) is 0 Å². The number of non-ortho nitro benzene ring substituents is 1. The van der Waals surface area contributed by atoms with Crippen LogP contribution in [-0.4, -0.2) is 45.0 Å². The molecule has 11 nitrogen and oxygen atoms in total. The third-order valence-electron chi connectivity index (χ3n) is 4.05. The van der Waals surface area contributed by atoms with E-state index < -0.39 is 32.9 Å². The van der Waals surface area contributed by atoms with Crippen LogP contribution in [0.5, 0.6) is 5.75 Å². The van der Waals surface area contributed by atoms with Crippen molar-refractivity contribution in [1.29, 1.82) is 0 Å². The van der Waals surface area contributed by atoms with Crippen molar-refractivity contribution >= 4 is 33.3 Å². The Bertz CT molecular complexity index is 1080. The van der Waals surface area contributed by atoms with Gasteiger partial charge >= 0.3 is 5.97 Å². The quantitative estimate of drug-likeness (QED) is 0.334. The Kier molecular flexibility index (Phi) is 7.53. The Morgan fingerprint density at radius 1 is 1.16 bits per heavy atom. The molecule has 2 aromatic rings. The van der Waals surface area contributed by atoms with Crippen LogP contribution in [0.3, 0.4) is 0 Å². The fourth-order valence-corrected chi connectivity index (χ4v) is 3.55. The average Bonchev–Trinajstić information content (AvgIpc) is 2.73. The van der Waals surface area contributed by atoms with Crippen LogP contribution in [0.25, 0.3) is 0 Å². The van der Waals surface area contributed by atoms with Crippen molar-refractivity contribution in [1.82, 2.24) is 5.32 Å². The minimum absolute atomic E-state index is 0.0955. The zero-order chi connectivity index (χ0) is 23.2. The van der Waals surface area contributed by atoms with Gasteiger partial charge in [0.25, 0.3) is 21.6 Å².